The van der Waals surface area contributed by atoms with Gasteiger partial charge in [-0.3, -0.25) is 4.18 Å². The van der Waals surface area contributed by atoms with E-state index in [2.05, 4.69) is 0 Å². The van der Waals surface area contributed by atoms with E-state index < -0.39 is 8.77 Å². The molecular weight excluding hydrogens is 268 g/mol. The van der Waals surface area contributed by atoms with E-state index in [-0.39, 0.29) is 5.75 Å². The van der Waals surface area contributed by atoms with Gasteiger partial charge in [-0.15, -0.1) is 0 Å². The monoisotopic (exact) mass is 282 g/mol. The van der Waals surface area contributed by atoms with Gasteiger partial charge < -0.3 is 4.42 Å². The van der Waals surface area contributed by atoms with Crippen LogP contribution in [0.5, 0.6) is 0 Å². The van der Waals surface area contributed by atoms with Gasteiger partial charge in [0.1, 0.15) is 8.77 Å². The molecule has 5 heteroatoms. The van der Waals surface area contributed by atoms with Crippen molar-refractivity contribution >= 4 is 20.0 Å². The minimum Gasteiger partial charge on any atom is -0.472 e. The molecule has 0 radical (unpaired) electrons. The molecule has 1 aromatic carbocycles. The molecule has 2 rings (SSSR count). The van der Waals surface area contributed by atoms with Crippen molar-refractivity contribution in [3.63, 3.8) is 0 Å². The molecule has 0 fully saturated rings. The average molecular weight is 282 g/mol. The third-order valence-electron chi connectivity index (χ3n) is 2.42. The fourth-order valence-corrected chi connectivity index (χ4v) is 3.18. The van der Waals surface area contributed by atoms with Crippen LogP contribution in [0.1, 0.15) is 11.1 Å². The Balaban J connectivity index is 1.84. The Hall–Kier alpha value is -1.17. The van der Waals surface area contributed by atoms with E-state index in [1.165, 1.54) is 0 Å². The third kappa shape index (κ3) is 4.25. The normalized spacial score (nSPS) is 14.2. The molecule has 1 atom stereocenters. The first-order valence-electron chi connectivity index (χ1n) is 5.58. The second-order valence-electron chi connectivity index (χ2n) is 3.89. The van der Waals surface area contributed by atoms with Gasteiger partial charge in [0.2, 0.25) is 0 Å². The van der Waals surface area contributed by atoms with Gasteiger partial charge in [0.25, 0.3) is 0 Å². The Morgan fingerprint density at radius 1 is 1.17 bits per heavy atom. The maximum Gasteiger partial charge on any atom is 0.148 e. The minimum atomic E-state index is -2.69. The van der Waals surface area contributed by atoms with E-state index in [4.69, 9.17) is 19.8 Å². The maximum absolute atomic E-state index is 12.1. The number of rotatable bonds is 6. The molecule has 18 heavy (non-hydrogen) atoms. The predicted octanol–water partition coefficient (Wildman–Crippen LogP) is 2.70. The molecule has 96 valence electrons. The maximum atomic E-state index is 12.1. The summed E-state index contributed by atoms with van der Waals surface area (Å²) in [5, 5.41) is 0. The van der Waals surface area contributed by atoms with E-state index in [0.29, 0.717) is 13.0 Å². The Morgan fingerprint density at radius 3 is 2.61 bits per heavy atom. The highest BCUT2D eigenvalue weighted by Gasteiger charge is 2.08. The lowest BCUT2D eigenvalue weighted by molar-refractivity contribution is 0.349. The van der Waals surface area contributed by atoms with Crippen molar-refractivity contribution in [1.82, 2.24) is 0 Å². The molecule has 0 amide bonds. The second kappa shape index (κ2) is 6.13. The molecule has 1 heterocycles. The summed E-state index contributed by atoms with van der Waals surface area (Å²) in [6.07, 6.45) is 3.90. The summed E-state index contributed by atoms with van der Waals surface area (Å²) in [5.74, 6) is 0.272. The summed E-state index contributed by atoms with van der Waals surface area (Å²) in [6, 6.07) is 11.3. The molecule has 1 aromatic heterocycles. The van der Waals surface area contributed by atoms with Gasteiger partial charge in [0, 0.05) is 17.6 Å². The number of hydrogen-bond acceptors (Lipinski definition) is 4. The minimum absolute atomic E-state index is 0.272. The number of benzene rings is 1. The first-order valence-corrected chi connectivity index (χ1v) is 8.15. The molecule has 0 spiro atoms. The Morgan fingerprint density at radius 2 is 1.94 bits per heavy atom. The van der Waals surface area contributed by atoms with Crippen LogP contribution in [0.2, 0.25) is 0 Å². The zero-order valence-corrected chi connectivity index (χ0v) is 11.4. The molecule has 0 aliphatic heterocycles. The van der Waals surface area contributed by atoms with E-state index >= 15 is 0 Å². The zero-order chi connectivity index (χ0) is 12.8. The van der Waals surface area contributed by atoms with Crippen molar-refractivity contribution in [2.45, 2.75) is 12.2 Å². The third-order valence-corrected chi connectivity index (χ3v) is 4.27. The highest BCUT2D eigenvalue weighted by Crippen LogP contribution is 2.09. The van der Waals surface area contributed by atoms with Crippen molar-refractivity contribution in [2.75, 3.05) is 6.61 Å². The van der Waals surface area contributed by atoms with E-state index in [1.807, 2.05) is 36.4 Å². The standard InChI is InChI=1S/C13H14O3S2/c14-18(17,11-13-4-2-1-3-5-13)16-9-7-12-6-8-15-10-12/h1-6,8,10H,7,9,11H2. The first-order chi connectivity index (χ1) is 8.66. The van der Waals surface area contributed by atoms with Crippen LogP contribution in [-0.4, -0.2) is 10.8 Å². The van der Waals surface area contributed by atoms with Gasteiger partial charge in [0.15, 0.2) is 0 Å². The lowest BCUT2D eigenvalue weighted by Crippen LogP contribution is -2.09. The second-order valence-corrected chi connectivity index (χ2v) is 7.05. The number of hydrogen-bond donors (Lipinski definition) is 0. The SMILES string of the molecule is O=S(=S)(Cc1ccccc1)OCCc1ccoc1. The van der Waals surface area contributed by atoms with Crippen molar-refractivity contribution in [3.8, 4) is 0 Å². The zero-order valence-electron chi connectivity index (χ0n) is 9.78. The molecular formula is C13H14O3S2. The molecule has 1 unspecified atom stereocenters. The summed E-state index contributed by atoms with van der Waals surface area (Å²) in [5.41, 5.74) is 1.95. The smallest absolute Gasteiger partial charge is 0.148 e. The highest BCUT2D eigenvalue weighted by atomic mass is 32.8. The van der Waals surface area contributed by atoms with Crippen LogP contribution in [0.25, 0.3) is 0 Å². The average Bonchev–Trinajstić information content (AvgIpc) is 2.82. The van der Waals surface area contributed by atoms with E-state index in [9.17, 15) is 4.21 Å². The Kier molecular flexibility index (Phi) is 4.52. The van der Waals surface area contributed by atoms with Crippen LogP contribution in [0.3, 0.4) is 0 Å². The van der Waals surface area contributed by atoms with Crippen molar-refractivity contribution in [1.29, 1.82) is 0 Å². The number of furan rings is 1. The van der Waals surface area contributed by atoms with Crippen molar-refractivity contribution in [3.05, 3.63) is 60.1 Å². The molecule has 0 N–H and O–H groups in total. The topological polar surface area (TPSA) is 39.4 Å². The summed E-state index contributed by atoms with van der Waals surface area (Å²) >= 11 is 5.00. The lowest BCUT2D eigenvalue weighted by Gasteiger charge is -2.07. The summed E-state index contributed by atoms with van der Waals surface area (Å²) in [7, 11) is -2.69. The van der Waals surface area contributed by atoms with Gasteiger partial charge >= 0.3 is 0 Å². The molecule has 0 aliphatic rings. The lowest BCUT2D eigenvalue weighted by atomic mass is 10.2. The highest BCUT2D eigenvalue weighted by molar-refractivity contribution is 8.29. The largest absolute Gasteiger partial charge is 0.472 e. The Labute approximate surface area is 112 Å². The van der Waals surface area contributed by atoms with Gasteiger partial charge in [-0.05, 0) is 17.2 Å². The van der Waals surface area contributed by atoms with Crippen LogP contribution in [0.4, 0.5) is 0 Å². The van der Waals surface area contributed by atoms with Crippen LogP contribution >= 0.6 is 0 Å². The summed E-state index contributed by atoms with van der Waals surface area (Å²) in [4.78, 5) is 0. The summed E-state index contributed by atoms with van der Waals surface area (Å²) in [6.45, 7) is 0.342. The molecule has 0 saturated heterocycles. The van der Waals surface area contributed by atoms with Crippen LogP contribution in [-0.2, 0) is 36.3 Å². The van der Waals surface area contributed by atoms with Gasteiger partial charge in [-0.25, -0.2) is 4.21 Å². The fraction of sp³-hybridized carbons (Fsp3) is 0.231. The van der Waals surface area contributed by atoms with Crippen LogP contribution in [0.15, 0.2) is 53.3 Å². The summed E-state index contributed by atoms with van der Waals surface area (Å²) < 4.78 is 22.3. The quantitative estimate of drug-likeness (QED) is 0.816. The van der Waals surface area contributed by atoms with Gasteiger partial charge in [-0.1, -0.05) is 30.3 Å². The predicted molar refractivity (Wildman–Crippen MR) is 74.0 cm³/mol. The Bertz CT molecular complexity index is 560. The fourth-order valence-electron chi connectivity index (χ4n) is 1.54. The first kappa shape index (κ1) is 13.3. The van der Waals surface area contributed by atoms with Gasteiger partial charge in [-0.2, -0.15) is 0 Å². The molecule has 0 saturated carbocycles. The van der Waals surface area contributed by atoms with Crippen LogP contribution < -0.4 is 0 Å². The van der Waals surface area contributed by atoms with E-state index in [1.54, 1.807) is 12.5 Å². The molecule has 0 bridgehead atoms. The van der Waals surface area contributed by atoms with Crippen molar-refractivity contribution in [2.24, 2.45) is 0 Å². The van der Waals surface area contributed by atoms with Crippen LogP contribution in [0, 0.1) is 0 Å². The molecule has 3 nitrogen and oxygen atoms in total. The van der Waals surface area contributed by atoms with Gasteiger partial charge in [0.05, 0.1) is 24.9 Å². The van der Waals surface area contributed by atoms with Crippen molar-refractivity contribution < 1.29 is 12.8 Å². The molecule has 2 aromatic rings. The van der Waals surface area contributed by atoms with E-state index in [0.717, 1.165) is 11.1 Å². The molecule has 0 aliphatic carbocycles.